The quantitative estimate of drug-likeness (QED) is 0.828. The van der Waals surface area contributed by atoms with Gasteiger partial charge >= 0.3 is 0 Å². The van der Waals surface area contributed by atoms with Gasteiger partial charge in [0.15, 0.2) is 5.79 Å². The van der Waals surface area contributed by atoms with Crippen LogP contribution in [0.15, 0.2) is 30.3 Å². The average molecular weight is 251 g/mol. The molecule has 0 saturated carbocycles. The summed E-state index contributed by atoms with van der Waals surface area (Å²) in [5.74, 6) is -0.549. The van der Waals surface area contributed by atoms with Crippen LogP contribution in [0.25, 0.3) is 0 Å². The zero-order valence-corrected chi connectivity index (χ0v) is 10.9. The molecule has 4 heteroatoms. The topological polar surface area (TPSA) is 50.7 Å². The van der Waals surface area contributed by atoms with E-state index >= 15 is 0 Å². The Kier molecular flexibility index (Phi) is 4.35. The number of rotatable bonds is 5. The first-order valence-corrected chi connectivity index (χ1v) is 6.31. The van der Waals surface area contributed by atoms with Crippen LogP contribution in [0.1, 0.15) is 19.4 Å². The molecule has 2 rings (SSSR count). The highest BCUT2D eigenvalue weighted by Gasteiger charge is 2.36. The summed E-state index contributed by atoms with van der Waals surface area (Å²) in [5, 5.41) is 12.7. The lowest BCUT2D eigenvalue weighted by molar-refractivity contribution is -0.143. The van der Waals surface area contributed by atoms with Crippen LogP contribution in [0.5, 0.6) is 0 Å². The van der Waals surface area contributed by atoms with E-state index in [1.54, 1.807) is 0 Å². The van der Waals surface area contributed by atoms with Gasteiger partial charge in [-0.25, -0.2) is 0 Å². The van der Waals surface area contributed by atoms with Gasteiger partial charge in [-0.3, -0.25) is 0 Å². The minimum atomic E-state index is -0.549. The molecule has 0 aromatic heterocycles. The maximum Gasteiger partial charge on any atom is 0.163 e. The van der Waals surface area contributed by atoms with E-state index in [0.29, 0.717) is 13.2 Å². The third kappa shape index (κ3) is 3.53. The van der Waals surface area contributed by atoms with E-state index in [-0.39, 0.29) is 18.8 Å². The van der Waals surface area contributed by atoms with Crippen LogP contribution in [0.3, 0.4) is 0 Å². The molecule has 0 amide bonds. The van der Waals surface area contributed by atoms with Crippen molar-refractivity contribution >= 4 is 0 Å². The fourth-order valence-corrected chi connectivity index (χ4v) is 2.07. The maximum atomic E-state index is 9.44. The van der Waals surface area contributed by atoms with E-state index in [9.17, 15) is 5.11 Å². The van der Waals surface area contributed by atoms with Crippen LogP contribution in [0.2, 0.25) is 0 Å². The number of benzene rings is 1. The van der Waals surface area contributed by atoms with Gasteiger partial charge in [-0.05, 0) is 19.4 Å². The molecule has 100 valence electrons. The number of ether oxygens (including phenoxy) is 2. The molecule has 18 heavy (non-hydrogen) atoms. The van der Waals surface area contributed by atoms with Gasteiger partial charge in [0.25, 0.3) is 0 Å². The number of hydrogen-bond donors (Lipinski definition) is 2. The van der Waals surface area contributed by atoms with Gasteiger partial charge in [0.2, 0.25) is 0 Å². The number of aliphatic hydroxyl groups excluding tert-OH is 1. The van der Waals surface area contributed by atoms with E-state index in [0.717, 1.165) is 0 Å². The molecule has 4 nitrogen and oxygen atoms in total. The summed E-state index contributed by atoms with van der Waals surface area (Å²) in [4.78, 5) is 0. The van der Waals surface area contributed by atoms with Crippen LogP contribution >= 0.6 is 0 Å². The van der Waals surface area contributed by atoms with E-state index in [4.69, 9.17) is 9.47 Å². The minimum Gasteiger partial charge on any atom is -0.395 e. The molecule has 0 aliphatic carbocycles. The van der Waals surface area contributed by atoms with E-state index in [2.05, 4.69) is 17.4 Å². The molecule has 0 bridgehead atoms. The normalized spacial score (nSPS) is 24.1. The van der Waals surface area contributed by atoms with Gasteiger partial charge in [0, 0.05) is 6.54 Å². The Hall–Kier alpha value is -0.940. The standard InChI is InChI=1S/C14H21NO3/c1-14(2)17-10-13(18-14)12(9-16)15-8-11-6-4-3-5-7-11/h3-7,12-13,15-16H,8-10H2,1-2H3/t12-,13-/m0/s1. The first kappa shape index (κ1) is 13.5. The largest absolute Gasteiger partial charge is 0.395 e. The van der Waals surface area contributed by atoms with Crippen molar-refractivity contribution in [2.45, 2.75) is 38.3 Å². The zero-order valence-electron chi connectivity index (χ0n) is 10.9. The van der Waals surface area contributed by atoms with Crippen molar-refractivity contribution < 1.29 is 14.6 Å². The zero-order chi connectivity index (χ0) is 13.0. The predicted octanol–water partition coefficient (Wildman–Crippen LogP) is 1.29. The fraction of sp³-hybridized carbons (Fsp3) is 0.571. The summed E-state index contributed by atoms with van der Waals surface area (Å²) in [6.45, 7) is 5.04. The van der Waals surface area contributed by atoms with E-state index in [1.807, 2.05) is 32.0 Å². The summed E-state index contributed by atoms with van der Waals surface area (Å²) in [5.41, 5.74) is 1.19. The van der Waals surface area contributed by atoms with E-state index in [1.165, 1.54) is 5.56 Å². The minimum absolute atomic E-state index is 0.0386. The average Bonchev–Trinajstić information content (AvgIpc) is 2.72. The van der Waals surface area contributed by atoms with Gasteiger partial charge in [0.1, 0.15) is 6.10 Å². The lowest BCUT2D eigenvalue weighted by Gasteiger charge is -2.23. The monoisotopic (exact) mass is 251 g/mol. The molecular weight excluding hydrogens is 230 g/mol. The molecule has 0 unspecified atom stereocenters. The molecule has 1 heterocycles. The lowest BCUT2D eigenvalue weighted by atomic mass is 10.1. The van der Waals surface area contributed by atoms with Gasteiger partial charge in [-0.1, -0.05) is 30.3 Å². The third-order valence-electron chi connectivity index (χ3n) is 3.09. The highest BCUT2D eigenvalue weighted by molar-refractivity contribution is 5.14. The second kappa shape index (κ2) is 5.80. The Morgan fingerprint density at radius 3 is 2.67 bits per heavy atom. The van der Waals surface area contributed by atoms with E-state index < -0.39 is 5.79 Å². The Balaban J connectivity index is 1.87. The molecule has 2 atom stereocenters. The molecule has 1 saturated heterocycles. The Morgan fingerprint density at radius 2 is 2.11 bits per heavy atom. The maximum absolute atomic E-state index is 9.44. The summed E-state index contributed by atoms with van der Waals surface area (Å²) in [6.07, 6.45) is -0.103. The number of hydrogen-bond acceptors (Lipinski definition) is 4. The fourth-order valence-electron chi connectivity index (χ4n) is 2.07. The summed E-state index contributed by atoms with van der Waals surface area (Å²) >= 11 is 0. The molecule has 0 spiro atoms. The first-order chi connectivity index (χ1) is 8.61. The van der Waals surface area contributed by atoms with Crippen molar-refractivity contribution in [3.63, 3.8) is 0 Å². The van der Waals surface area contributed by atoms with Crippen molar-refractivity contribution in [2.75, 3.05) is 13.2 Å². The second-order valence-electron chi connectivity index (χ2n) is 5.02. The summed E-state index contributed by atoms with van der Waals surface area (Å²) in [6, 6.07) is 10.00. The molecule has 0 radical (unpaired) electrons. The molecule has 1 aromatic rings. The second-order valence-corrected chi connectivity index (χ2v) is 5.02. The van der Waals surface area contributed by atoms with Gasteiger partial charge < -0.3 is 19.9 Å². The number of aliphatic hydroxyl groups is 1. The molecule has 2 N–H and O–H groups in total. The molecule has 1 aliphatic rings. The van der Waals surface area contributed by atoms with Crippen LogP contribution in [-0.4, -0.2) is 36.3 Å². The van der Waals surface area contributed by atoms with Crippen molar-refractivity contribution in [3.05, 3.63) is 35.9 Å². The van der Waals surface area contributed by atoms with Crippen molar-refractivity contribution in [3.8, 4) is 0 Å². The molecular formula is C14H21NO3. The third-order valence-corrected chi connectivity index (χ3v) is 3.09. The summed E-state index contributed by atoms with van der Waals surface area (Å²) < 4.78 is 11.3. The molecule has 1 fully saturated rings. The van der Waals surface area contributed by atoms with Gasteiger partial charge in [0.05, 0.1) is 19.3 Å². The molecule has 1 aliphatic heterocycles. The Labute approximate surface area is 108 Å². The molecule has 1 aromatic carbocycles. The SMILES string of the molecule is CC1(C)OC[C@@H]([C@H](CO)NCc2ccccc2)O1. The van der Waals surface area contributed by atoms with Crippen LogP contribution in [-0.2, 0) is 16.0 Å². The van der Waals surface area contributed by atoms with Crippen LogP contribution in [0.4, 0.5) is 0 Å². The van der Waals surface area contributed by atoms with Gasteiger partial charge in [-0.15, -0.1) is 0 Å². The smallest absolute Gasteiger partial charge is 0.163 e. The van der Waals surface area contributed by atoms with Gasteiger partial charge in [-0.2, -0.15) is 0 Å². The van der Waals surface area contributed by atoms with Crippen molar-refractivity contribution in [1.29, 1.82) is 0 Å². The lowest BCUT2D eigenvalue weighted by Crippen LogP contribution is -2.44. The summed E-state index contributed by atoms with van der Waals surface area (Å²) in [7, 11) is 0. The highest BCUT2D eigenvalue weighted by Crippen LogP contribution is 2.24. The van der Waals surface area contributed by atoms with Crippen molar-refractivity contribution in [1.82, 2.24) is 5.32 Å². The highest BCUT2D eigenvalue weighted by atomic mass is 16.7. The van der Waals surface area contributed by atoms with Crippen LogP contribution in [0, 0.1) is 0 Å². The Bertz CT molecular complexity index is 367. The Morgan fingerprint density at radius 1 is 1.39 bits per heavy atom. The van der Waals surface area contributed by atoms with Crippen LogP contribution < -0.4 is 5.32 Å². The first-order valence-electron chi connectivity index (χ1n) is 6.31. The predicted molar refractivity (Wildman–Crippen MR) is 69.1 cm³/mol. The number of nitrogens with one attached hydrogen (secondary N) is 1. The van der Waals surface area contributed by atoms with Crippen molar-refractivity contribution in [2.24, 2.45) is 0 Å².